The van der Waals surface area contributed by atoms with Crippen molar-refractivity contribution < 1.29 is 0 Å². The molecule has 20 heavy (non-hydrogen) atoms. The standard InChI is InChI=1S/C15H25N5/c1-4-19(5-2)10-7-11-20(6-3)15-14(17)13(12-16)8-9-18-15/h8-9H,4-7,10-11,17H2,1-3H3. The molecule has 0 aliphatic heterocycles. The second kappa shape index (κ2) is 8.39. The van der Waals surface area contributed by atoms with E-state index < -0.39 is 0 Å². The molecule has 0 radical (unpaired) electrons. The fourth-order valence-electron chi connectivity index (χ4n) is 2.25. The summed E-state index contributed by atoms with van der Waals surface area (Å²) in [5, 5.41) is 9.03. The Hall–Kier alpha value is -1.80. The second-order valence-electron chi connectivity index (χ2n) is 4.67. The van der Waals surface area contributed by atoms with Crippen LogP contribution >= 0.6 is 0 Å². The van der Waals surface area contributed by atoms with Crippen molar-refractivity contribution >= 4 is 11.5 Å². The average Bonchev–Trinajstić information content (AvgIpc) is 2.48. The molecule has 0 spiro atoms. The van der Waals surface area contributed by atoms with Gasteiger partial charge in [-0.25, -0.2) is 4.98 Å². The van der Waals surface area contributed by atoms with Gasteiger partial charge in [-0.1, -0.05) is 13.8 Å². The molecular weight excluding hydrogens is 250 g/mol. The van der Waals surface area contributed by atoms with Gasteiger partial charge in [-0.15, -0.1) is 0 Å². The number of anilines is 2. The zero-order valence-corrected chi connectivity index (χ0v) is 12.8. The molecule has 0 amide bonds. The predicted octanol–water partition coefficient (Wildman–Crippen LogP) is 2.09. The normalized spacial score (nSPS) is 10.6. The highest BCUT2D eigenvalue weighted by Gasteiger charge is 2.12. The Morgan fingerprint density at radius 2 is 1.90 bits per heavy atom. The van der Waals surface area contributed by atoms with Crippen LogP contribution in [0.5, 0.6) is 0 Å². The Morgan fingerprint density at radius 1 is 1.20 bits per heavy atom. The van der Waals surface area contributed by atoms with Gasteiger partial charge >= 0.3 is 0 Å². The van der Waals surface area contributed by atoms with Crippen LogP contribution in [0.4, 0.5) is 11.5 Å². The zero-order valence-electron chi connectivity index (χ0n) is 12.8. The lowest BCUT2D eigenvalue weighted by Crippen LogP contribution is -2.31. The van der Waals surface area contributed by atoms with Gasteiger partial charge in [0, 0.05) is 19.3 Å². The van der Waals surface area contributed by atoms with E-state index in [0.29, 0.717) is 11.3 Å². The maximum atomic E-state index is 9.03. The van der Waals surface area contributed by atoms with E-state index >= 15 is 0 Å². The lowest BCUT2D eigenvalue weighted by atomic mass is 10.2. The molecule has 0 saturated heterocycles. The van der Waals surface area contributed by atoms with Crippen molar-refractivity contribution in [2.24, 2.45) is 0 Å². The molecule has 0 aliphatic carbocycles. The number of hydrogen-bond acceptors (Lipinski definition) is 5. The Kier molecular flexibility index (Phi) is 6.82. The van der Waals surface area contributed by atoms with Gasteiger partial charge in [0.05, 0.1) is 11.3 Å². The number of nitrogens with two attached hydrogens (primary N) is 1. The number of nitrogens with zero attached hydrogens (tertiary/aromatic N) is 4. The predicted molar refractivity (Wildman–Crippen MR) is 83.7 cm³/mol. The first-order valence-electron chi connectivity index (χ1n) is 7.29. The number of aromatic nitrogens is 1. The van der Waals surface area contributed by atoms with Gasteiger partial charge in [0.25, 0.3) is 0 Å². The molecule has 1 aromatic rings. The summed E-state index contributed by atoms with van der Waals surface area (Å²) in [6.45, 7) is 11.4. The van der Waals surface area contributed by atoms with Crippen LogP contribution in [0.15, 0.2) is 12.3 Å². The van der Waals surface area contributed by atoms with Crippen molar-refractivity contribution in [2.45, 2.75) is 27.2 Å². The summed E-state index contributed by atoms with van der Waals surface area (Å²) in [7, 11) is 0. The molecule has 110 valence electrons. The molecule has 0 bridgehead atoms. The van der Waals surface area contributed by atoms with Gasteiger partial charge in [0.2, 0.25) is 0 Å². The Balaban J connectivity index is 2.70. The van der Waals surface area contributed by atoms with E-state index in [2.05, 4.69) is 41.6 Å². The van der Waals surface area contributed by atoms with E-state index in [-0.39, 0.29) is 0 Å². The van der Waals surface area contributed by atoms with Gasteiger partial charge in [-0.2, -0.15) is 5.26 Å². The maximum absolute atomic E-state index is 9.03. The number of rotatable bonds is 8. The third kappa shape index (κ3) is 4.10. The van der Waals surface area contributed by atoms with Crippen LogP contribution in [0.1, 0.15) is 32.8 Å². The SMILES string of the molecule is CCN(CC)CCCN(CC)c1nccc(C#N)c1N. The number of nitriles is 1. The summed E-state index contributed by atoms with van der Waals surface area (Å²) in [5.41, 5.74) is 7.00. The van der Waals surface area contributed by atoms with Crippen molar-refractivity contribution in [2.75, 3.05) is 43.4 Å². The highest BCUT2D eigenvalue weighted by Crippen LogP contribution is 2.23. The molecule has 5 heteroatoms. The quantitative estimate of drug-likeness (QED) is 0.786. The Morgan fingerprint density at radius 3 is 2.45 bits per heavy atom. The van der Waals surface area contributed by atoms with Crippen molar-refractivity contribution in [3.63, 3.8) is 0 Å². The van der Waals surface area contributed by atoms with Crippen LogP contribution in [-0.2, 0) is 0 Å². The molecule has 1 rings (SSSR count). The molecular formula is C15H25N5. The first-order chi connectivity index (χ1) is 9.67. The van der Waals surface area contributed by atoms with Crippen LogP contribution in [0.25, 0.3) is 0 Å². The molecule has 2 N–H and O–H groups in total. The van der Waals surface area contributed by atoms with Crippen LogP contribution in [0, 0.1) is 11.3 Å². The molecule has 0 aromatic carbocycles. The van der Waals surface area contributed by atoms with Crippen molar-refractivity contribution in [3.8, 4) is 6.07 Å². The van der Waals surface area contributed by atoms with Crippen molar-refractivity contribution in [1.29, 1.82) is 5.26 Å². The third-order valence-corrected chi connectivity index (χ3v) is 3.57. The lowest BCUT2D eigenvalue weighted by molar-refractivity contribution is 0.300. The number of nitrogen functional groups attached to an aromatic ring is 1. The van der Waals surface area contributed by atoms with Gasteiger partial charge < -0.3 is 15.5 Å². The van der Waals surface area contributed by atoms with E-state index in [9.17, 15) is 0 Å². The summed E-state index contributed by atoms with van der Waals surface area (Å²) in [6, 6.07) is 3.76. The van der Waals surface area contributed by atoms with E-state index in [4.69, 9.17) is 11.0 Å². The Labute approximate surface area is 122 Å². The van der Waals surface area contributed by atoms with Gasteiger partial charge in [-0.05, 0) is 39.0 Å². The smallest absolute Gasteiger partial charge is 0.153 e. The third-order valence-electron chi connectivity index (χ3n) is 3.57. The van der Waals surface area contributed by atoms with Gasteiger partial charge in [-0.3, -0.25) is 0 Å². The number of pyridine rings is 1. The molecule has 0 atom stereocenters. The zero-order chi connectivity index (χ0) is 15.0. The van der Waals surface area contributed by atoms with Gasteiger partial charge in [0.1, 0.15) is 6.07 Å². The first-order valence-corrected chi connectivity index (χ1v) is 7.29. The highest BCUT2D eigenvalue weighted by atomic mass is 15.2. The van der Waals surface area contributed by atoms with Crippen molar-refractivity contribution in [3.05, 3.63) is 17.8 Å². The average molecular weight is 275 g/mol. The lowest BCUT2D eigenvalue weighted by Gasteiger charge is -2.25. The fourth-order valence-corrected chi connectivity index (χ4v) is 2.25. The summed E-state index contributed by atoms with van der Waals surface area (Å²) >= 11 is 0. The largest absolute Gasteiger partial charge is 0.395 e. The topological polar surface area (TPSA) is 69.2 Å². The molecule has 1 aromatic heterocycles. The van der Waals surface area contributed by atoms with Crippen LogP contribution in [0.2, 0.25) is 0 Å². The van der Waals surface area contributed by atoms with Gasteiger partial charge in [0.15, 0.2) is 5.82 Å². The molecule has 5 nitrogen and oxygen atoms in total. The number of hydrogen-bond donors (Lipinski definition) is 1. The minimum absolute atomic E-state index is 0.486. The van der Waals surface area contributed by atoms with Crippen LogP contribution in [0.3, 0.4) is 0 Å². The molecule has 1 heterocycles. The van der Waals surface area contributed by atoms with E-state index in [1.54, 1.807) is 12.3 Å². The van der Waals surface area contributed by atoms with E-state index in [1.807, 2.05) is 0 Å². The van der Waals surface area contributed by atoms with Crippen molar-refractivity contribution in [1.82, 2.24) is 9.88 Å². The summed E-state index contributed by atoms with van der Waals surface area (Å²) < 4.78 is 0. The van der Waals surface area contributed by atoms with Crippen LogP contribution in [-0.4, -0.2) is 42.6 Å². The van der Waals surface area contributed by atoms with E-state index in [1.165, 1.54) is 0 Å². The second-order valence-corrected chi connectivity index (χ2v) is 4.67. The monoisotopic (exact) mass is 275 g/mol. The summed E-state index contributed by atoms with van der Waals surface area (Å²) in [5.74, 6) is 0.728. The molecule has 0 fully saturated rings. The maximum Gasteiger partial charge on any atom is 0.153 e. The minimum Gasteiger partial charge on any atom is -0.395 e. The first kappa shape index (κ1) is 16.3. The summed E-state index contributed by atoms with van der Waals surface area (Å²) in [4.78, 5) is 8.87. The van der Waals surface area contributed by atoms with E-state index in [0.717, 1.165) is 45.0 Å². The Bertz CT molecular complexity index is 448. The molecule has 0 saturated carbocycles. The highest BCUT2D eigenvalue weighted by molar-refractivity contribution is 5.69. The summed E-state index contributed by atoms with van der Waals surface area (Å²) in [6.07, 6.45) is 2.71. The fraction of sp³-hybridized carbons (Fsp3) is 0.600. The van der Waals surface area contributed by atoms with Crippen LogP contribution < -0.4 is 10.6 Å². The molecule has 0 aliphatic rings. The minimum atomic E-state index is 0.486. The molecule has 0 unspecified atom stereocenters.